The zero-order valence-corrected chi connectivity index (χ0v) is 11.8. The molecule has 102 valence electrons. The number of aryl methyl sites for hydroxylation is 1. The molecule has 3 N–H and O–H groups in total. The number of imidazole rings is 1. The summed E-state index contributed by atoms with van der Waals surface area (Å²) in [7, 11) is -2.45. The summed E-state index contributed by atoms with van der Waals surface area (Å²) in [5.74, 6) is -0.188. The van der Waals surface area contributed by atoms with E-state index in [9.17, 15) is 8.42 Å². The Morgan fingerprint density at radius 1 is 1.37 bits per heavy atom. The van der Waals surface area contributed by atoms with Gasteiger partial charge in [0.2, 0.25) is 5.28 Å². The van der Waals surface area contributed by atoms with Gasteiger partial charge in [-0.05, 0) is 11.6 Å². The van der Waals surface area contributed by atoms with E-state index in [-0.39, 0.29) is 27.1 Å². The summed E-state index contributed by atoms with van der Waals surface area (Å²) in [6.07, 6.45) is 1.28. The number of rotatable bonds is 3. The fourth-order valence-electron chi connectivity index (χ4n) is 1.39. The van der Waals surface area contributed by atoms with Crippen molar-refractivity contribution in [2.45, 2.75) is 5.03 Å². The molecular formula is C8H8Cl2N6O2S. The average Bonchev–Trinajstić information content (AvgIpc) is 2.56. The molecule has 0 aromatic carbocycles. The average molecular weight is 323 g/mol. The number of nitrogens with zero attached hydrogens (tertiary/aromatic N) is 4. The van der Waals surface area contributed by atoms with E-state index in [1.54, 1.807) is 0 Å². The van der Waals surface area contributed by atoms with E-state index in [2.05, 4.69) is 19.7 Å². The van der Waals surface area contributed by atoms with Crippen LogP contribution >= 0.6 is 23.2 Å². The molecule has 0 saturated heterocycles. The fraction of sp³-hybridized carbons (Fsp3) is 0.125. The summed E-state index contributed by atoms with van der Waals surface area (Å²) < 4.78 is 27.7. The first-order valence-electron chi connectivity index (χ1n) is 4.79. The van der Waals surface area contributed by atoms with Gasteiger partial charge in [-0.15, -0.1) is 0 Å². The molecule has 0 aliphatic carbocycles. The number of nitrogens with two attached hydrogens (primary N) is 1. The number of nitrogen functional groups attached to an aromatic ring is 1. The van der Waals surface area contributed by atoms with Crippen molar-refractivity contribution >= 4 is 44.9 Å². The Bertz CT molecular complexity index is 689. The Balaban J connectivity index is 2.42. The molecule has 8 nitrogen and oxygen atoms in total. The second kappa shape index (κ2) is 4.83. The van der Waals surface area contributed by atoms with Crippen LogP contribution < -0.4 is 10.5 Å². The van der Waals surface area contributed by atoms with Crippen molar-refractivity contribution in [1.29, 1.82) is 0 Å². The number of aromatic nitrogens is 4. The molecule has 19 heavy (non-hydrogen) atoms. The second-order valence-electron chi connectivity index (χ2n) is 3.50. The zero-order valence-electron chi connectivity index (χ0n) is 9.50. The highest BCUT2D eigenvalue weighted by Crippen LogP contribution is 2.21. The van der Waals surface area contributed by atoms with Crippen molar-refractivity contribution in [3.63, 3.8) is 0 Å². The standard InChI is InChI=1S/C8H8Cl2N6O2S/c1-16-3-12-6(11)7(16)19(17,18)15-5-2-4(9)13-8(10)14-5/h2-3H,11H2,1H3,(H,13,14,15). The van der Waals surface area contributed by atoms with Crippen molar-refractivity contribution < 1.29 is 8.42 Å². The molecule has 0 amide bonds. The molecule has 0 aliphatic rings. The van der Waals surface area contributed by atoms with E-state index in [1.165, 1.54) is 24.0 Å². The minimum Gasteiger partial charge on any atom is -0.381 e. The van der Waals surface area contributed by atoms with E-state index in [0.717, 1.165) is 0 Å². The van der Waals surface area contributed by atoms with Crippen LogP contribution in [0, 0.1) is 0 Å². The third kappa shape index (κ3) is 2.88. The maximum absolute atomic E-state index is 12.1. The van der Waals surface area contributed by atoms with Crippen LogP contribution in [0.4, 0.5) is 11.6 Å². The van der Waals surface area contributed by atoms with Gasteiger partial charge in [0.1, 0.15) is 11.0 Å². The lowest BCUT2D eigenvalue weighted by atomic mass is 10.6. The van der Waals surface area contributed by atoms with Gasteiger partial charge in [0, 0.05) is 13.1 Å². The van der Waals surface area contributed by atoms with Crippen molar-refractivity contribution in [1.82, 2.24) is 19.5 Å². The van der Waals surface area contributed by atoms with Crippen LogP contribution in [0.15, 0.2) is 17.4 Å². The van der Waals surface area contributed by atoms with Crippen LogP contribution in [0.2, 0.25) is 10.4 Å². The minimum atomic E-state index is -3.95. The Labute approximate surface area is 118 Å². The quantitative estimate of drug-likeness (QED) is 0.640. The molecule has 2 aromatic heterocycles. The molecule has 0 bridgehead atoms. The normalized spacial score (nSPS) is 11.5. The Kier molecular flexibility index (Phi) is 3.52. The Morgan fingerprint density at radius 3 is 2.58 bits per heavy atom. The predicted molar refractivity (Wildman–Crippen MR) is 70.5 cm³/mol. The maximum Gasteiger partial charge on any atom is 0.282 e. The summed E-state index contributed by atoms with van der Waals surface area (Å²) in [6, 6.07) is 1.22. The van der Waals surface area contributed by atoms with Gasteiger partial charge in [-0.1, -0.05) is 11.6 Å². The smallest absolute Gasteiger partial charge is 0.282 e. The van der Waals surface area contributed by atoms with Crippen LogP contribution in [0.5, 0.6) is 0 Å². The molecule has 0 atom stereocenters. The van der Waals surface area contributed by atoms with Crippen LogP contribution in [-0.2, 0) is 17.1 Å². The number of sulfonamides is 1. The number of hydrogen-bond donors (Lipinski definition) is 2. The number of nitrogens with one attached hydrogen (secondary N) is 1. The molecule has 11 heteroatoms. The van der Waals surface area contributed by atoms with Crippen molar-refractivity contribution in [2.24, 2.45) is 7.05 Å². The first kappa shape index (κ1) is 13.8. The molecule has 0 saturated carbocycles. The largest absolute Gasteiger partial charge is 0.381 e. The molecular weight excluding hydrogens is 315 g/mol. The number of anilines is 2. The topological polar surface area (TPSA) is 116 Å². The lowest BCUT2D eigenvalue weighted by Crippen LogP contribution is -2.18. The van der Waals surface area contributed by atoms with Crippen LogP contribution in [0.3, 0.4) is 0 Å². The van der Waals surface area contributed by atoms with E-state index >= 15 is 0 Å². The van der Waals surface area contributed by atoms with Gasteiger partial charge in [-0.3, -0.25) is 4.72 Å². The van der Waals surface area contributed by atoms with Gasteiger partial charge in [-0.2, -0.15) is 13.4 Å². The van der Waals surface area contributed by atoms with E-state index in [1.807, 2.05) is 0 Å². The molecule has 0 aliphatic heterocycles. The molecule has 2 rings (SSSR count). The monoisotopic (exact) mass is 322 g/mol. The highest BCUT2D eigenvalue weighted by atomic mass is 35.5. The SMILES string of the molecule is Cn1cnc(N)c1S(=O)(=O)Nc1cc(Cl)nc(Cl)n1. The maximum atomic E-state index is 12.1. The Hall–Kier alpha value is -1.58. The van der Waals surface area contributed by atoms with Gasteiger partial charge in [0.15, 0.2) is 10.8 Å². The third-order valence-electron chi connectivity index (χ3n) is 2.07. The van der Waals surface area contributed by atoms with Crippen LogP contribution in [-0.4, -0.2) is 27.9 Å². The highest BCUT2D eigenvalue weighted by Gasteiger charge is 2.23. The van der Waals surface area contributed by atoms with Crippen molar-refractivity contribution in [3.8, 4) is 0 Å². The highest BCUT2D eigenvalue weighted by molar-refractivity contribution is 7.92. The summed E-state index contributed by atoms with van der Waals surface area (Å²) >= 11 is 11.2. The zero-order chi connectivity index (χ0) is 14.2. The molecule has 0 radical (unpaired) electrons. The summed E-state index contributed by atoms with van der Waals surface area (Å²) in [6.45, 7) is 0. The first-order chi connectivity index (χ1) is 8.79. The predicted octanol–water partition coefficient (Wildman–Crippen LogP) is 0.900. The van der Waals surface area contributed by atoms with E-state index < -0.39 is 10.0 Å². The molecule has 2 aromatic rings. The second-order valence-corrected chi connectivity index (χ2v) is 5.82. The minimum absolute atomic E-state index is 0.00989. The van der Waals surface area contributed by atoms with Gasteiger partial charge in [0.25, 0.3) is 10.0 Å². The first-order valence-corrected chi connectivity index (χ1v) is 7.03. The van der Waals surface area contributed by atoms with Gasteiger partial charge in [-0.25, -0.2) is 9.97 Å². The van der Waals surface area contributed by atoms with Gasteiger partial charge in [0.05, 0.1) is 6.33 Å². The fourth-order valence-corrected chi connectivity index (χ4v) is 3.03. The molecule has 2 heterocycles. The van der Waals surface area contributed by atoms with Gasteiger partial charge >= 0.3 is 0 Å². The summed E-state index contributed by atoms with van der Waals surface area (Å²) in [5, 5.41) is -0.350. The molecule has 0 spiro atoms. The van der Waals surface area contributed by atoms with E-state index in [0.29, 0.717) is 0 Å². The Morgan fingerprint density at radius 2 is 2.05 bits per heavy atom. The lowest BCUT2D eigenvalue weighted by Gasteiger charge is -2.08. The summed E-state index contributed by atoms with van der Waals surface area (Å²) in [4.78, 5) is 11.0. The van der Waals surface area contributed by atoms with Gasteiger partial charge < -0.3 is 10.3 Å². The lowest BCUT2D eigenvalue weighted by molar-refractivity contribution is 0.591. The number of halogens is 2. The van der Waals surface area contributed by atoms with Crippen LogP contribution in [0.25, 0.3) is 0 Å². The van der Waals surface area contributed by atoms with E-state index in [4.69, 9.17) is 28.9 Å². The third-order valence-corrected chi connectivity index (χ3v) is 3.92. The molecule has 0 unspecified atom stereocenters. The van der Waals surface area contributed by atoms with Crippen molar-refractivity contribution in [3.05, 3.63) is 22.8 Å². The molecule has 0 fully saturated rings. The summed E-state index contributed by atoms with van der Waals surface area (Å²) in [5.41, 5.74) is 5.50. The number of hydrogen-bond acceptors (Lipinski definition) is 6. The van der Waals surface area contributed by atoms with Crippen LogP contribution in [0.1, 0.15) is 0 Å². The van der Waals surface area contributed by atoms with Crippen molar-refractivity contribution in [2.75, 3.05) is 10.5 Å².